The summed E-state index contributed by atoms with van der Waals surface area (Å²) in [7, 11) is 1.68. The summed E-state index contributed by atoms with van der Waals surface area (Å²) < 4.78 is 7.78. The largest absolute Gasteiger partial charge is 0.374 e. The molecule has 0 bridgehead atoms. The van der Waals surface area contributed by atoms with Crippen molar-refractivity contribution in [3.05, 3.63) is 17.5 Å². The molecular formula is C17H27N5O2. The van der Waals surface area contributed by atoms with Crippen LogP contribution in [0.4, 0.5) is 0 Å². The number of nitriles is 1. The van der Waals surface area contributed by atoms with E-state index in [0.717, 1.165) is 17.9 Å². The molecule has 1 unspecified atom stereocenters. The van der Waals surface area contributed by atoms with E-state index in [1.165, 1.54) is 4.90 Å². The molecule has 1 atom stereocenters. The van der Waals surface area contributed by atoms with Gasteiger partial charge in [0.25, 0.3) is 0 Å². The molecule has 2 heterocycles. The van der Waals surface area contributed by atoms with Crippen LogP contribution in [0.1, 0.15) is 25.2 Å². The van der Waals surface area contributed by atoms with E-state index in [2.05, 4.69) is 16.1 Å². The first-order valence-corrected chi connectivity index (χ1v) is 8.26. The van der Waals surface area contributed by atoms with Gasteiger partial charge in [0.2, 0.25) is 5.91 Å². The Balaban J connectivity index is 1.92. The number of morpholine rings is 1. The summed E-state index contributed by atoms with van der Waals surface area (Å²) in [5.41, 5.74) is 1.31. The van der Waals surface area contributed by atoms with Crippen LogP contribution in [0.3, 0.4) is 0 Å². The highest BCUT2D eigenvalue weighted by Crippen LogP contribution is 2.13. The van der Waals surface area contributed by atoms with Crippen LogP contribution in [0, 0.1) is 25.2 Å². The number of amides is 1. The molecule has 0 aromatic carbocycles. The molecule has 1 aromatic heterocycles. The predicted molar refractivity (Wildman–Crippen MR) is 90.3 cm³/mol. The van der Waals surface area contributed by atoms with Crippen molar-refractivity contribution in [3.8, 4) is 6.07 Å². The Hall–Kier alpha value is -1.91. The second kappa shape index (κ2) is 7.32. The number of hydrogen-bond acceptors (Lipinski definition) is 5. The van der Waals surface area contributed by atoms with Crippen LogP contribution in [0.5, 0.6) is 0 Å². The fourth-order valence-corrected chi connectivity index (χ4v) is 2.77. The molecule has 24 heavy (non-hydrogen) atoms. The number of carbonyl (C=O) groups is 1. The van der Waals surface area contributed by atoms with Crippen LogP contribution < -0.4 is 0 Å². The highest BCUT2D eigenvalue weighted by atomic mass is 16.5. The number of hydrogen-bond donors (Lipinski definition) is 0. The summed E-state index contributed by atoms with van der Waals surface area (Å²) >= 11 is 0. The Morgan fingerprint density at radius 3 is 2.83 bits per heavy atom. The Morgan fingerprint density at radius 1 is 1.54 bits per heavy atom. The molecule has 0 aliphatic carbocycles. The topological polar surface area (TPSA) is 74.4 Å². The number of aryl methyl sites for hydroxylation is 2. The van der Waals surface area contributed by atoms with Gasteiger partial charge in [0.05, 0.1) is 37.6 Å². The molecule has 2 rings (SSSR count). The van der Waals surface area contributed by atoms with Gasteiger partial charge in [-0.3, -0.25) is 14.4 Å². The maximum absolute atomic E-state index is 12.4. The molecule has 0 spiro atoms. The molecule has 1 fully saturated rings. The maximum Gasteiger partial charge on any atom is 0.237 e. The highest BCUT2D eigenvalue weighted by molar-refractivity contribution is 5.79. The zero-order chi connectivity index (χ0) is 17.9. The zero-order valence-electron chi connectivity index (χ0n) is 15.2. The number of nitrogens with zero attached hydrogens (tertiary/aromatic N) is 5. The third kappa shape index (κ3) is 4.34. The van der Waals surface area contributed by atoms with Crippen molar-refractivity contribution < 1.29 is 9.53 Å². The second-order valence-corrected chi connectivity index (χ2v) is 6.96. The van der Waals surface area contributed by atoms with E-state index < -0.39 is 5.54 Å². The lowest BCUT2D eigenvalue weighted by Crippen LogP contribution is -2.52. The van der Waals surface area contributed by atoms with Crippen molar-refractivity contribution in [2.75, 3.05) is 33.3 Å². The molecule has 7 heteroatoms. The predicted octanol–water partition coefficient (Wildman–Crippen LogP) is 0.961. The van der Waals surface area contributed by atoms with Gasteiger partial charge >= 0.3 is 0 Å². The first kappa shape index (κ1) is 18.4. The van der Waals surface area contributed by atoms with Gasteiger partial charge < -0.3 is 9.64 Å². The number of ether oxygens (including phenoxy) is 1. The molecule has 1 saturated heterocycles. The van der Waals surface area contributed by atoms with Crippen molar-refractivity contribution in [2.24, 2.45) is 0 Å². The van der Waals surface area contributed by atoms with Crippen LogP contribution in [0.15, 0.2) is 6.07 Å². The summed E-state index contributed by atoms with van der Waals surface area (Å²) in [6.07, 6.45) is 0.0128. The fraction of sp³-hybridized carbons (Fsp3) is 0.706. The zero-order valence-corrected chi connectivity index (χ0v) is 15.2. The molecule has 1 aliphatic heterocycles. The van der Waals surface area contributed by atoms with Crippen molar-refractivity contribution in [3.63, 3.8) is 0 Å². The first-order chi connectivity index (χ1) is 11.2. The maximum atomic E-state index is 12.4. The van der Waals surface area contributed by atoms with E-state index in [1.54, 1.807) is 20.9 Å². The molecule has 1 amide bonds. The Labute approximate surface area is 143 Å². The van der Waals surface area contributed by atoms with Crippen LogP contribution in [-0.4, -0.2) is 70.4 Å². The number of rotatable bonds is 5. The molecule has 1 aliphatic rings. The van der Waals surface area contributed by atoms with Crippen LogP contribution >= 0.6 is 0 Å². The van der Waals surface area contributed by atoms with Gasteiger partial charge in [0, 0.05) is 25.8 Å². The summed E-state index contributed by atoms with van der Waals surface area (Å²) in [5.74, 6) is -0.0479. The summed E-state index contributed by atoms with van der Waals surface area (Å²) in [6, 6.07) is 4.20. The average Bonchev–Trinajstić information content (AvgIpc) is 2.84. The van der Waals surface area contributed by atoms with Gasteiger partial charge in [-0.2, -0.15) is 10.4 Å². The van der Waals surface area contributed by atoms with Gasteiger partial charge in [-0.15, -0.1) is 0 Å². The molecule has 0 radical (unpaired) electrons. The molecule has 1 aromatic rings. The van der Waals surface area contributed by atoms with Gasteiger partial charge in [0.1, 0.15) is 5.54 Å². The van der Waals surface area contributed by atoms with E-state index in [-0.39, 0.29) is 12.0 Å². The SMILES string of the molecule is Cc1cc(C)n(CC2CN(CC(=O)N(C)C(C)(C)C#N)CCO2)n1. The third-order valence-corrected chi connectivity index (χ3v) is 4.55. The number of likely N-dealkylation sites (N-methyl/N-ethyl adjacent to an activating group) is 1. The van der Waals surface area contributed by atoms with E-state index in [0.29, 0.717) is 26.2 Å². The van der Waals surface area contributed by atoms with Gasteiger partial charge in [-0.25, -0.2) is 0 Å². The molecule has 132 valence electrons. The smallest absolute Gasteiger partial charge is 0.237 e. The Morgan fingerprint density at radius 2 is 2.25 bits per heavy atom. The van der Waals surface area contributed by atoms with Crippen LogP contribution in [0.2, 0.25) is 0 Å². The van der Waals surface area contributed by atoms with Crippen molar-refractivity contribution in [2.45, 2.75) is 45.9 Å². The van der Waals surface area contributed by atoms with Crippen LogP contribution in [-0.2, 0) is 16.1 Å². The van der Waals surface area contributed by atoms with E-state index in [4.69, 9.17) is 10.00 Å². The summed E-state index contributed by atoms with van der Waals surface area (Å²) in [5, 5.41) is 13.6. The van der Waals surface area contributed by atoms with Gasteiger partial charge in [-0.05, 0) is 33.8 Å². The normalized spacial score (nSPS) is 19.1. The third-order valence-electron chi connectivity index (χ3n) is 4.55. The van der Waals surface area contributed by atoms with Crippen molar-refractivity contribution in [1.82, 2.24) is 19.6 Å². The van der Waals surface area contributed by atoms with Gasteiger partial charge in [0.15, 0.2) is 0 Å². The Kier molecular flexibility index (Phi) is 5.62. The number of aromatic nitrogens is 2. The lowest BCUT2D eigenvalue weighted by atomic mass is 10.1. The van der Waals surface area contributed by atoms with Crippen LogP contribution in [0.25, 0.3) is 0 Å². The average molecular weight is 333 g/mol. The van der Waals surface area contributed by atoms with Crippen molar-refractivity contribution in [1.29, 1.82) is 5.26 Å². The van der Waals surface area contributed by atoms with Gasteiger partial charge in [-0.1, -0.05) is 0 Å². The minimum Gasteiger partial charge on any atom is -0.374 e. The minimum atomic E-state index is -0.799. The lowest BCUT2D eigenvalue weighted by molar-refractivity contribution is -0.136. The summed E-state index contributed by atoms with van der Waals surface area (Å²) in [4.78, 5) is 16.0. The standard InChI is InChI=1S/C17H27N5O2/c1-13-8-14(2)22(19-13)10-15-9-21(6-7-24-15)11-16(23)20(5)17(3,4)12-18/h8,15H,6-7,9-11H2,1-5H3. The minimum absolute atomic E-state index is 0.0128. The van der Waals surface area contributed by atoms with E-state index in [9.17, 15) is 4.79 Å². The lowest BCUT2D eigenvalue weighted by Gasteiger charge is -2.35. The molecule has 0 saturated carbocycles. The highest BCUT2D eigenvalue weighted by Gasteiger charge is 2.30. The first-order valence-electron chi connectivity index (χ1n) is 8.26. The van der Waals surface area contributed by atoms with Crippen molar-refractivity contribution >= 4 is 5.91 Å². The number of carbonyl (C=O) groups excluding carboxylic acids is 1. The monoisotopic (exact) mass is 333 g/mol. The van der Waals surface area contributed by atoms with E-state index >= 15 is 0 Å². The summed E-state index contributed by atoms with van der Waals surface area (Å²) in [6.45, 7) is 10.5. The molecular weight excluding hydrogens is 306 g/mol. The van der Waals surface area contributed by atoms with E-state index in [1.807, 2.05) is 24.6 Å². The Bertz CT molecular complexity index is 631. The second-order valence-electron chi connectivity index (χ2n) is 6.96. The fourth-order valence-electron chi connectivity index (χ4n) is 2.77. The quantitative estimate of drug-likeness (QED) is 0.802. The molecule has 0 N–H and O–H groups in total. The molecule has 7 nitrogen and oxygen atoms in total.